The normalized spacial score (nSPS) is 17.6. The van der Waals surface area contributed by atoms with Crippen molar-refractivity contribution in [2.45, 2.75) is 29.7 Å². The molecule has 21 heavy (non-hydrogen) atoms. The lowest BCUT2D eigenvalue weighted by atomic mass is 9.75. The van der Waals surface area contributed by atoms with E-state index >= 15 is 0 Å². The van der Waals surface area contributed by atoms with Crippen LogP contribution in [0.5, 0.6) is 0 Å². The van der Waals surface area contributed by atoms with E-state index in [1.165, 1.54) is 12.7 Å². The number of nitrogens with two attached hydrogens (primary N) is 1. The van der Waals surface area contributed by atoms with E-state index in [1.807, 2.05) is 13.1 Å². The summed E-state index contributed by atoms with van der Waals surface area (Å²) in [7, 11) is 2.87. The van der Waals surface area contributed by atoms with Gasteiger partial charge in [-0.15, -0.1) is 0 Å². The van der Waals surface area contributed by atoms with Gasteiger partial charge in [-0.2, -0.15) is 0 Å². The second kappa shape index (κ2) is 5.50. The molecule has 1 aliphatic rings. The Kier molecular flexibility index (Phi) is 4.22. The van der Waals surface area contributed by atoms with Crippen LogP contribution in [0.25, 0.3) is 0 Å². The van der Waals surface area contributed by atoms with Gasteiger partial charge in [0.05, 0.1) is 16.3 Å². The molecule has 1 aromatic carbocycles. The zero-order valence-corrected chi connectivity index (χ0v) is 14.1. The van der Waals surface area contributed by atoms with Crippen LogP contribution < -0.4 is 10.6 Å². The summed E-state index contributed by atoms with van der Waals surface area (Å²) in [6, 6.07) is 5.20. The van der Waals surface area contributed by atoms with Gasteiger partial charge in [-0.25, -0.2) is 8.42 Å². The zero-order chi connectivity index (χ0) is 15.8. The van der Waals surface area contributed by atoms with Crippen molar-refractivity contribution >= 4 is 21.2 Å². The van der Waals surface area contributed by atoms with E-state index in [0.717, 1.165) is 25.1 Å². The Balaban J connectivity index is 2.30. The quantitative estimate of drug-likeness (QED) is 0.837. The smallest absolute Gasteiger partial charge is 0.177 e. The fourth-order valence-electron chi connectivity index (χ4n) is 3.05. The number of hydrogen-bond donors (Lipinski definition) is 1. The maximum atomic E-state index is 11.8. The highest BCUT2D eigenvalue weighted by molar-refractivity contribution is 7.90. The number of benzene rings is 1. The molecule has 1 aliphatic carbocycles. The number of likely N-dealkylation sites (N-methyl/N-ethyl adjacent to an activating group) is 2. The van der Waals surface area contributed by atoms with Gasteiger partial charge >= 0.3 is 0 Å². The van der Waals surface area contributed by atoms with Crippen LogP contribution in [0.15, 0.2) is 23.1 Å². The Morgan fingerprint density at radius 1 is 1.24 bits per heavy atom. The lowest BCUT2D eigenvalue weighted by Crippen LogP contribution is -2.56. The topological polar surface area (TPSA) is 66.6 Å². The minimum Gasteiger partial charge on any atom is -0.396 e. The molecule has 118 valence electrons. The first-order valence-electron chi connectivity index (χ1n) is 7.14. The van der Waals surface area contributed by atoms with Crippen LogP contribution in [-0.2, 0) is 9.84 Å². The van der Waals surface area contributed by atoms with Crippen molar-refractivity contribution < 1.29 is 8.42 Å². The van der Waals surface area contributed by atoms with Gasteiger partial charge < -0.3 is 15.5 Å². The number of sulfone groups is 1. The Morgan fingerprint density at radius 2 is 1.86 bits per heavy atom. The van der Waals surface area contributed by atoms with Crippen LogP contribution in [0.2, 0.25) is 0 Å². The molecule has 6 heteroatoms. The molecule has 0 heterocycles. The molecular weight excluding hydrogens is 286 g/mol. The number of rotatable bonds is 5. The lowest BCUT2D eigenvalue weighted by Gasteiger charge is -2.49. The van der Waals surface area contributed by atoms with Gasteiger partial charge in [0.25, 0.3) is 0 Å². The SMILES string of the molecule is CN(CC1(N(C)C)CCC1)c1cccc(S(C)(=O)=O)c1N. The maximum Gasteiger partial charge on any atom is 0.177 e. The number of nitrogen functional groups attached to an aromatic ring is 1. The van der Waals surface area contributed by atoms with Gasteiger partial charge in [-0.3, -0.25) is 0 Å². The van der Waals surface area contributed by atoms with E-state index in [9.17, 15) is 8.42 Å². The first-order chi connectivity index (χ1) is 9.67. The molecule has 2 rings (SSSR count). The third-order valence-corrected chi connectivity index (χ3v) is 5.77. The summed E-state index contributed by atoms with van der Waals surface area (Å²) in [6.45, 7) is 0.845. The van der Waals surface area contributed by atoms with Gasteiger partial charge in [0, 0.05) is 25.4 Å². The average molecular weight is 311 g/mol. The molecule has 0 saturated heterocycles. The van der Waals surface area contributed by atoms with E-state index in [1.54, 1.807) is 12.1 Å². The van der Waals surface area contributed by atoms with Gasteiger partial charge in [-0.1, -0.05) is 6.07 Å². The summed E-state index contributed by atoms with van der Waals surface area (Å²) in [4.78, 5) is 4.55. The summed E-state index contributed by atoms with van der Waals surface area (Å²) >= 11 is 0. The number of nitrogens with zero attached hydrogens (tertiary/aromatic N) is 2. The summed E-state index contributed by atoms with van der Waals surface area (Å²) in [6.07, 6.45) is 4.76. The minimum atomic E-state index is -3.30. The average Bonchev–Trinajstić information content (AvgIpc) is 2.31. The van der Waals surface area contributed by atoms with Crippen LogP contribution in [-0.4, -0.2) is 52.8 Å². The minimum absolute atomic E-state index is 0.169. The number of hydrogen-bond acceptors (Lipinski definition) is 5. The van der Waals surface area contributed by atoms with E-state index in [0.29, 0.717) is 5.69 Å². The molecule has 2 N–H and O–H groups in total. The summed E-state index contributed by atoms with van der Waals surface area (Å²) in [5, 5.41) is 0. The molecule has 0 unspecified atom stereocenters. The van der Waals surface area contributed by atoms with Crippen molar-refractivity contribution in [1.29, 1.82) is 0 Å². The van der Waals surface area contributed by atoms with Crippen LogP contribution >= 0.6 is 0 Å². The third-order valence-electron chi connectivity index (χ3n) is 4.62. The highest BCUT2D eigenvalue weighted by atomic mass is 32.2. The summed E-state index contributed by atoms with van der Waals surface area (Å²) in [5.41, 5.74) is 7.39. The molecule has 0 aliphatic heterocycles. The second-order valence-electron chi connectivity index (χ2n) is 6.29. The van der Waals surface area contributed by atoms with Gasteiger partial charge in [-0.05, 0) is 45.5 Å². The second-order valence-corrected chi connectivity index (χ2v) is 8.27. The number of anilines is 2. The van der Waals surface area contributed by atoms with Gasteiger partial charge in [0.15, 0.2) is 9.84 Å². The first kappa shape index (κ1) is 16.1. The number of para-hydroxylation sites is 1. The van der Waals surface area contributed by atoms with E-state index in [4.69, 9.17) is 5.73 Å². The monoisotopic (exact) mass is 311 g/mol. The fourth-order valence-corrected chi connectivity index (χ4v) is 3.88. The highest BCUT2D eigenvalue weighted by Gasteiger charge is 2.40. The van der Waals surface area contributed by atoms with Gasteiger partial charge in [0.1, 0.15) is 0 Å². The van der Waals surface area contributed by atoms with Crippen LogP contribution in [0.1, 0.15) is 19.3 Å². The first-order valence-corrected chi connectivity index (χ1v) is 9.04. The highest BCUT2D eigenvalue weighted by Crippen LogP contribution is 2.38. The van der Waals surface area contributed by atoms with Crippen LogP contribution in [0.4, 0.5) is 11.4 Å². The Bertz CT molecular complexity index is 622. The molecule has 1 aromatic rings. The fraction of sp³-hybridized carbons (Fsp3) is 0.600. The molecule has 1 saturated carbocycles. The van der Waals surface area contributed by atoms with Crippen molar-refractivity contribution in [2.24, 2.45) is 0 Å². The van der Waals surface area contributed by atoms with Crippen molar-refractivity contribution in [1.82, 2.24) is 4.90 Å². The zero-order valence-electron chi connectivity index (χ0n) is 13.3. The molecule has 1 fully saturated rings. The molecule has 0 atom stereocenters. The third kappa shape index (κ3) is 3.01. The van der Waals surface area contributed by atoms with E-state index < -0.39 is 9.84 Å². The molecule has 0 aromatic heterocycles. The predicted molar refractivity (Wildman–Crippen MR) is 87.5 cm³/mol. The Labute approximate surface area is 127 Å². The van der Waals surface area contributed by atoms with Crippen molar-refractivity contribution in [3.05, 3.63) is 18.2 Å². The molecule has 0 amide bonds. The largest absolute Gasteiger partial charge is 0.396 e. The summed E-state index contributed by atoms with van der Waals surface area (Å²) in [5.74, 6) is 0. The molecule has 0 radical (unpaired) electrons. The Hall–Kier alpha value is -1.27. The van der Waals surface area contributed by atoms with Crippen molar-refractivity contribution in [2.75, 3.05) is 44.6 Å². The van der Waals surface area contributed by atoms with Crippen molar-refractivity contribution in [3.63, 3.8) is 0 Å². The van der Waals surface area contributed by atoms with Crippen LogP contribution in [0.3, 0.4) is 0 Å². The van der Waals surface area contributed by atoms with Crippen molar-refractivity contribution in [3.8, 4) is 0 Å². The standard InChI is InChI=1S/C15H25N3O2S/c1-17(2)15(9-6-10-15)11-18(3)12-7-5-8-13(14(12)16)21(4,19)20/h5,7-8H,6,9-11,16H2,1-4H3. The van der Waals surface area contributed by atoms with E-state index in [-0.39, 0.29) is 10.4 Å². The lowest BCUT2D eigenvalue weighted by molar-refractivity contribution is 0.0683. The van der Waals surface area contributed by atoms with Gasteiger partial charge in [0.2, 0.25) is 0 Å². The summed E-state index contributed by atoms with van der Waals surface area (Å²) < 4.78 is 23.6. The molecular formula is C15H25N3O2S. The molecule has 5 nitrogen and oxygen atoms in total. The maximum absolute atomic E-state index is 11.8. The van der Waals surface area contributed by atoms with Crippen LogP contribution in [0, 0.1) is 0 Å². The Morgan fingerprint density at radius 3 is 2.29 bits per heavy atom. The molecule has 0 spiro atoms. The predicted octanol–water partition coefficient (Wildman–Crippen LogP) is 1.59. The van der Waals surface area contributed by atoms with E-state index in [2.05, 4.69) is 23.9 Å². The molecule has 0 bridgehead atoms.